The lowest BCUT2D eigenvalue weighted by Crippen LogP contribution is -2.31. The van der Waals surface area contributed by atoms with E-state index < -0.39 is 0 Å². The first-order chi connectivity index (χ1) is 8.58. The Hall–Kier alpha value is -0.870. The van der Waals surface area contributed by atoms with Crippen LogP contribution < -0.4 is 5.32 Å². The van der Waals surface area contributed by atoms with Crippen molar-refractivity contribution in [2.24, 2.45) is 5.92 Å². The van der Waals surface area contributed by atoms with E-state index in [2.05, 4.69) is 35.6 Å². The van der Waals surface area contributed by atoms with Crippen molar-refractivity contribution in [3.63, 3.8) is 0 Å². The zero-order chi connectivity index (χ0) is 13.2. The fourth-order valence-corrected chi connectivity index (χ4v) is 2.84. The van der Waals surface area contributed by atoms with E-state index in [1.807, 2.05) is 12.5 Å². The average molecular weight is 251 g/mol. The number of imidazole rings is 1. The number of nitrogens with one attached hydrogen (secondary N) is 1. The van der Waals surface area contributed by atoms with E-state index in [1.54, 1.807) is 7.11 Å². The standard InChI is InChI=1S/C14H25N3O/c1-11(2)12(8-18-4)17-10-16-7-13(17)14(3)5-6-15-9-14/h7,10-12,15H,5-6,8-9H2,1-4H3. The molecular formula is C14H25N3O. The molecule has 0 radical (unpaired) electrons. The molecule has 0 spiro atoms. The van der Waals surface area contributed by atoms with Crippen molar-refractivity contribution in [3.05, 3.63) is 18.2 Å². The van der Waals surface area contributed by atoms with Gasteiger partial charge in [-0.25, -0.2) is 4.98 Å². The Morgan fingerprint density at radius 2 is 2.33 bits per heavy atom. The van der Waals surface area contributed by atoms with Crippen LogP contribution in [0.1, 0.15) is 38.9 Å². The van der Waals surface area contributed by atoms with E-state index in [-0.39, 0.29) is 5.41 Å². The summed E-state index contributed by atoms with van der Waals surface area (Å²) in [5.74, 6) is 0.538. The summed E-state index contributed by atoms with van der Waals surface area (Å²) in [4.78, 5) is 4.38. The van der Waals surface area contributed by atoms with E-state index in [1.165, 1.54) is 12.1 Å². The van der Waals surface area contributed by atoms with Crippen molar-refractivity contribution in [2.75, 3.05) is 26.8 Å². The fraction of sp³-hybridized carbons (Fsp3) is 0.786. The van der Waals surface area contributed by atoms with Crippen molar-refractivity contribution in [1.82, 2.24) is 14.9 Å². The normalized spacial score (nSPS) is 25.8. The van der Waals surface area contributed by atoms with Gasteiger partial charge in [0.15, 0.2) is 0 Å². The van der Waals surface area contributed by atoms with Gasteiger partial charge in [0.1, 0.15) is 0 Å². The SMILES string of the molecule is COCC(C(C)C)n1cncc1C1(C)CCNC1. The first-order valence-corrected chi connectivity index (χ1v) is 6.80. The summed E-state index contributed by atoms with van der Waals surface area (Å²) in [6.07, 6.45) is 5.16. The second kappa shape index (κ2) is 5.41. The Kier molecular flexibility index (Phi) is 4.07. The van der Waals surface area contributed by atoms with Crippen LogP contribution in [0.15, 0.2) is 12.5 Å². The molecule has 0 aromatic carbocycles. The first-order valence-electron chi connectivity index (χ1n) is 6.80. The average Bonchev–Trinajstić information content (AvgIpc) is 2.94. The quantitative estimate of drug-likeness (QED) is 0.869. The summed E-state index contributed by atoms with van der Waals surface area (Å²) in [5.41, 5.74) is 1.54. The van der Waals surface area contributed by atoms with Crippen LogP contribution in [0.4, 0.5) is 0 Å². The Labute approximate surface area is 110 Å². The highest BCUT2D eigenvalue weighted by molar-refractivity contribution is 5.18. The summed E-state index contributed by atoms with van der Waals surface area (Å²) >= 11 is 0. The molecule has 1 aromatic heterocycles. The molecule has 1 fully saturated rings. The molecule has 2 rings (SSSR count). The molecule has 1 aromatic rings. The van der Waals surface area contributed by atoms with Crippen molar-refractivity contribution in [1.29, 1.82) is 0 Å². The smallest absolute Gasteiger partial charge is 0.0951 e. The van der Waals surface area contributed by atoms with Crippen LogP contribution in [-0.4, -0.2) is 36.4 Å². The second-order valence-electron chi connectivity index (χ2n) is 5.94. The van der Waals surface area contributed by atoms with Crippen LogP contribution >= 0.6 is 0 Å². The van der Waals surface area contributed by atoms with Gasteiger partial charge in [-0.2, -0.15) is 0 Å². The summed E-state index contributed by atoms with van der Waals surface area (Å²) in [5, 5.41) is 3.46. The Balaban J connectivity index is 2.31. The minimum Gasteiger partial charge on any atom is -0.383 e. The van der Waals surface area contributed by atoms with Crippen LogP contribution in [0.25, 0.3) is 0 Å². The first kappa shape index (κ1) is 13.6. The van der Waals surface area contributed by atoms with Gasteiger partial charge in [0.2, 0.25) is 0 Å². The van der Waals surface area contributed by atoms with E-state index in [0.717, 1.165) is 19.7 Å². The molecule has 102 valence electrons. The van der Waals surface area contributed by atoms with Gasteiger partial charge in [-0.15, -0.1) is 0 Å². The lowest BCUT2D eigenvalue weighted by Gasteiger charge is -2.30. The summed E-state index contributed by atoms with van der Waals surface area (Å²) < 4.78 is 7.70. The van der Waals surface area contributed by atoms with Crippen molar-refractivity contribution in [3.8, 4) is 0 Å². The van der Waals surface area contributed by atoms with Crippen LogP contribution in [-0.2, 0) is 10.2 Å². The Bertz CT molecular complexity index is 380. The topological polar surface area (TPSA) is 39.1 Å². The van der Waals surface area contributed by atoms with Crippen molar-refractivity contribution < 1.29 is 4.74 Å². The molecule has 0 amide bonds. The van der Waals surface area contributed by atoms with Gasteiger partial charge in [-0.1, -0.05) is 20.8 Å². The third-order valence-corrected chi connectivity index (χ3v) is 4.12. The van der Waals surface area contributed by atoms with Crippen LogP contribution in [0.2, 0.25) is 0 Å². The third-order valence-electron chi connectivity index (χ3n) is 4.12. The molecule has 1 aliphatic heterocycles. The summed E-state index contributed by atoms with van der Waals surface area (Å²) in [7, 11) is 1.77. The lowest BCUT2D eigenvalue weighted by atomic mass is 9.85. The van der Waals surface area contributed by atoms with E-state index in [9.17, 15) is 0 Å². The van der Waals surface area contributed by atoms with Gasteiger partial charge in [0, 0.05) is 31.0 Å². The van der Waals surface area contributed by atoms with Gasteiger partial charge >= 0.3 is 0 Å². The van der Waals surface area contributed by atoms with Gasteiger partial charge in [0.25, 0.3) is 0 Å². The molecule has 1 saturated heterocycles. The predicted octanol–water partition coefficient (Wildman–Crippen LogP) is 1.98. The molecule has 2 atom stereocenters. The highest BCUT2D eigenvalue weighted by Gasteiger charge is 2.35. The second-order valence-corrected chi connectivity index (χ2v) is 5.94. The van der Waals surface area contributed by atoms with Crippen LogP contribution in [0.3, 0.4) is 0 Å². The molecule has 0 bridgehead atoms. The molecule has 0 saturated carbocycles. The maximum Gasteiger partial charge on any atom is 0.0951 e. The van der Waals surface area contributed by atoms with Gasteiger partial charge < -0.3 is 14.6 Å². The van der Waals surface area contributed by atoms with Gasteiger partial charge in [0.05, 0.1) is 19.0 Å². The minimum absolute atomic E-state index is 0.206. The largest absolute Gasteiger partial charge is 0.383 e. The van der Waals surface area contributed by atoms with Crippen molar-refractivity contribution >= 4 is 0 Å². The molecule has 18 heavy (non-hydrogen) atoms. The number of rotatable bonds is 5. The van der Waals surface area contributed by atoms with E-state index in [4.69, 9.17) is 4.74 Å². The Morgan fingerprint density at radius 3 is 2.89 bits per heavy atom. The number of methoxy groups -OCH3 is 1. The number of hydrogen-bond donors (Lipinski definition) is 1. The molecule has 4 heteroatoms. The molecule has 0 aliphatic carbocycles. The number of nitrogens with zero attached hydrogens (tertiary/aromatic N) is 2. The molecular weight excluding hydrogens is 226 g/mol. The summed E-state index contributed by atoms with van der Waals surface area (Å²) in [6.45, 7) is 9.68. The van der Waals surface area contributed by atoms with Crippen LogP contribution in [0, 0.1) is 5.92 Å². The summed E-state index contributed by atoms with van der Waals surface area (Å²) in [6, 6.07) is 0.366. The predicted molar refractivity (Wildman–Crippen MR) is 72.8 cm³/mol. The molecule has 1 aliphatic rings. The molecule has 2 unspecified atom stereocenters. The highest BCUT2D eigenvalue weighted by atomic mass is 16.5. The number of ether oxygens (including phenoxy) is 1. The van der Waals surface area contributed by atoms with Crippen LogP contribution in [0.5, 0.6) is 0 Å². The number of aromatic nitrogens is 2. The van der Waals surface area contributed by atoms with Gasteiger partial charge in [-0.3, -0.25) is 0 Å². The number of hydrogen-bond acceptors (Lipinski definition) is 3. The third kappa shape index (κ3) is 2.45. The minimum atomic E-state index is 0.206. The zero-order valence-corrected chi connectivity index (χ0v) is 11.9. The Morgan fingerprint density at radius 1 is 1.56 bits per heavy atom. The van der Waals surface area contributed by atoms with Crippen molar-refractivity contribution in [2.45, 2.75) is 38.6 Å². The monoisotopic (exact) mass is 251 g/mol. The lowest BCUT2D eigenvalue weighted by molar-refractivity contribution is 0.130. The highest BCUT2D eigenvalue weighted by Crippen LogP contribution is 2.33. The van der Waals surface area contributed by atoms with Gasteiger partial charge in [-0.05, 0) is 18.9 Å². The maximum atomic E-state index is 5.38. The molecule has 1 N–H and O–H groups in total. The fourth-order valence-electron chi connectivity index (χ4n) is 2.84. The van der Waals surface area contributed by atoms with E-state index >= 15 is 0 Å². The molecule has 4 nitrogen and oxygen atoms in total. The maximum absolute atomic E-state index is 5.38. The molecule has 2 heterocycles. The zero-order valence-electron chi connectivity index (χ0n) is 11.9. The van der Waals surface area contributed by atoms with E-state index in [0.29, 0.717) is 12.0 Å².